The third-order valence-electron chi connectivity index (χ3n) is 5.58. The summed E-state index contributed by atoms with van der Waals surface area (Å²) in [6.45, 7) is 3.75. The Labute approximate surface area is 173 Å². The van der Waals surface area contributed by atoms with E-state index in [2.05, 4.69) is 0 Å². The Morgan fingerprint density at radius 2 is 1.86 bits per heavy atom. The molecule has 3 aromatic rings. The van der Waals surface area contributed by atoms with Gasteiger partial charge in [-0.1, -0.05) is 29.3 Å². The zero-order chi connectivity index (χ0) is 20.7. The van der Waals surface area contributed by atoms with Gasteiger partial charge in [-0.3, -0.25) is 14.2 Å². The Morgan fingerprint density at radius 3 is 2.48 bits per heavy atom. The molecule has 1 N–H and O–H groups in total. The second-order valence-corrected chi connectivity index (χ2v) is 8.02. The summed E-state index contributed by atoms with van der Waals surface area (Å²) in [5.41, 5.74) is 3.45. The van der Waals surface area contributed by atoms with E-state index >= 15 is 0 Å². The molecule has 1 saturated carbocycles. The maximum atomic E-state index is 13.3. The number of phenols is 1. The van der Waals surface area contributed by atoms with E-state index in [0.29, 0.717) is 27.7 Å². The summed E-state index contributed by atoms with van der Waals surface area (Å²) in [5, 5.41) is 10.9. The smallest absolute Gasteiger partial charge is 0.310 e. The molecule has 0 bridgehead atoms. The molecule has 0 spiro atoms. The molecule has 0 amide bonds. The average Bonchev–Trinajstić information content (AvgIpc) is 2.90. The van der Waals surface area contributed by atoms with E-state index in [-0.39, 0.29) is 35.2 Å². The molecule has 6 heteroatoms. The number of halogens is 1. The third kappa shape index (κ3) is 3.62. The van der Waals surface area contributed by atoms with E-state index in [0.717, 1.165) is 24.8 Å². The second kappa shape index (κ2) is 7.56. The van der Waals surface area contributed by atoms with Gasteiger partial charge >= 0.3 is 5.97 Å². The third-order valence-corrected chi connectivity index (χ3v) is 5.88. The topological polar surface area (TPSA) is 68.5 Å². The number of aromatic nitrogens is 1. The molecule has 1 aliphatic rings. The van der Waals surface area contributed by atoms with Crippen molar-refractivity contribution in [3.63, 3.8) is 0 Å². The minimum Gasteiger partial charge on any atom is -0.506 e. The van der Waals surface area contributed by atoms with Gasteiger partial charge in [0.1, 0.15) is 11.9 Å². The summed E-state index contributed by atoms with van der Waals surface area (Å²) in [4.78, 5) is 25.7. The van der Waals surface area contributed by atoms with Crippen LogP contribution in [-0.4, -0.2) is 27.7 Å². The van der Waals surface area contributed by atoms with Gasteiger partial charge in [-0.15, -0.1) is 0 Å². The highest BCUT2D eigenvalue weighted by molar-refractivity contribution is 6.33. The molecule has 1 heterocycles. The lowest BCUT2D eigenvalue weighted by atomic mass is 9.96. The molecule has 1 aliphatic carbocycles. The van der Waals surface area contributed by atoms with Gasteiger partial charge in [0.05, 0.1) is 17.0 Å². The number of aryl methyl sites for hydroxylation is 1. The van der Waals surface area contributed by atoms with E-state index in [1.165, 1.54) is 6.07 Å². The van der Waals surface area contributed by atoms with Crippen molar-refractivity contribution in [1.29, 1.82) is 0 Å². The van der Waals surface area contributed by atoms with Crippen molar-refractivity contribution in [1.82, 2.24) is 4.57 Å². The number of ether oxygens (including phenoxy) is 1. The molecular formula is C23H22ClNO4. The Morgan fingerprint density at radius 1 is 1.17 bits per heavy atom. The first kappa shape index (κ1) is 19.5. The molecule has 1 fully saturated rings. The van der Waals surface area contributed by atoms with Gasteiger partial charge in [-0.25, -0.2) is 0 Å². The second-order valence-electron chi connectivity index (χ2n) is 7.61. The van der Waals surface area contributed by atoms with E-state index in [1.54, 1.807) is 29.7 Å². The van der Waals surface area contributed by atoms with E-state index < -0.39 is 0 Å². The van der Waals surface area contributed by atoms with Gasteiger partial charge in [0.2, 0.25) is 0 Å². The van der Waals surface area contributed by atoms with Crippen LogP contribution >= 0.6 is 11.6 Å². The minimum atomic E-state index is -0.325. The van der Waals surface area contributed by atoms with Crippen molar-refractivity contribution in [3.8, 4) is 5.75 Å². The average molecular weight is 412 g/mol. The minimum absolute atomic E-state index is 0.00630. The fourth-order valence-electron chi connectivity index (χ4n) is 3.66. The Bertz CT molecular complexity index is 1110. The number of aromatic hydroxyl groups is 1. The maximum Gasteiger partial charge on any atom is 0.310 e. The SMILES string of the molecule is Cc1ccc(C(=O)n2c(C)c(CC(=O)OC3CCC3)c3cc(O)c(Cl)cc32)cc1. The first-order chi connectivity index (χ1) is 13.8. The monoisotopic (exact) mass is 411 g/mol. The van der Waals surface area contributed by atoms with Crippen molar-refractivity contribution in [2.75, 3.05) is 0 Å². The highest BCUT2D eigenvalue weighted by atomic mass is 35.5. The standard InChI is InChI=1S/C23H22ClNO4/c1-13-6-8-15(9-7-13)23(28)25-14(2)17(11-22(27)29-16-4-3-5-16)18-10-21(26)19(24)12-20(18)25/h6-10,12,16,26H,3-5,11H2,1-2H3. The summed E-state index contributed by atoms with van der Waals surface area (Å²) in [7, 11) is 0. The first-order valence-electron chi connectivity index (χ1n) is 9.68. The molecule has 5 nitrogen and oxygen atoms in total. The van der Waals surface area contributed by atoms with Crippen LogP contribution in [-0.2, 0) is 16.0 Å². The highest BCUT2D eigenvalue weighted by Gasteiger charge is 2.26. The van der Waals surface area contributed by atoms with Gasteiger partial charge in [-0.2, -0.15) is 0 Å². The van der Waals surface area contributed by atoms with Crippen LogP contribution in [0.5, 0.6) is 5.75 Å². The van der Waals surface area contributed by atoms with Crippen LogP contribution in [0.1, 0.15) is 46.4 Å². The molecule has 2 aromatic carbocycles. The number of benzene rings is 2. The number of carbonyl (C=O) groups excluding carboxylic acids is 2. The van der Waals surface area contributed by atoms with Crippen LogP contribution in [0.3, 0.4) is 0 Å². The molecule has 1 aromatic heterocycles. The number of hydrogen-bond donors (Lipinski definition) is 1. The van der Waals surface area contributed by atoms with E-state index in [4.69, 9.17) is 16.3 Å². The van der Waals surface area contributed by atoms with Crippen molar-refractivity contribution < 1.29 is 19.4 Å². The van der Waals surface area contributed by atoms with Crippen LogP contribution in [0.15, 0.2) is 36.4 Å². The molecule has 150 valence electrons. The van der Waals surface area contributed by atoms with Crippen LogP contribution in [0, 0.1) is 13.8 Å². The van der Waals surface area contributed by atoms with Crippen LogP contribution in [0.4, 0.5) is 0 Å². The first-order valence-corrected chi connectivity index (χ1v) is 10.1. The van der Waals surface area contributed by atoms with Crippen LogP contribution in [0.25, 0.3) is 10.9 Å². The lowest BCUT2D eigenvalue weighted by Gasteiger charge is -2.25. The van der Waals surface area contributed by atoms with Crippen molar-refractivity contribution in [2.24, 2.45) is 0 Å². The molecular weight excluding hydrogens is 390 g/mol. The quantitative estimate of drug-likeness (QED) is 0.617. The van der Waals surface area contributed by atoms with Gasteiger partial charge in [0.25, 0.3) is 5.91 Å². The molecule has 0 aliphatic heterocycles. The number of nitrogens with zero attached hydrogens (tertiary/aromatic N) is 1. The predicted molar refractivity (Wildman–Crippen MR) is 112 cm³/mol. The van der Waals surface area contributed by atoms with Crippen molar-refractivity contribution >= 4 is 34.4 Å². The Kier molecular flexibility index (Phi) is 5.09. The van der Waals surface area contributed by atoms with Gasteiger partial charge < -0.3 is 9.84 Å². The number of carbonyl (C=O) groups is 2. The largest absolute Gasteiger partial charge is 0.506 e. The molecule has 29 heavy (non-hydrogen) atoms. The number of phenolic OH excluding ortho intramolecular Hbond substituents is 1. The number of fused-ring (bicyclic) bond motifs is 1. The predicted octanol–water partition coefficient (Wildman–Crippen LogP) is 4.94. The summed E-state index contributed by atoms with van der Waals surface area (Å²) in [6.07, 6.45) is 2.90. The maximum absolute atomic E-state index is 13.3. The lowest BCUT2D eigenvalue weighted by Crippen LogP contribution is -2.26. The van der Waals surface area contributed by atoms with Gasteiger partial charge in [-0.05, 0) is 62.9 Å². The molecule has 0 atom stereocenters. The van der Waals surface area contributed by atoms with Gasteiger partial charge in [0.15, 0.2) is 0 Å². The van der Waals surface area contributed by atoms with E-state index in [1.807, 2.05) is 19.1 Å². The normalized spacial score (nSPS) is 14.0. The summed E-state index contributed by atoms with van der Waals surface area (Å²) >= 11 is 6.13. The Hall–Kier alpha value is -2.79. The van der Waals surface area contributed by atoms with Gasteiger partial charge in [0, 0.05) is 16.6 Å². The zero-order valence-electron chi connectivity index (χ0n) is 16.4. The van der Waals surface area contributed by atoms with Crippen molar-refractivity contribution in [2.45, 2.75) is 45.6 Å². The Balaban J connectivity index is 1.80. The highest BCUT2D eigenvalue weighted by Crippen LogP contribution is 2.35. The van der Waals surface area contributed by atoms with E-state index in [9.17, 15) is 14.7 Å². The molecule has 0 unspecified atom stereocenters. The summed E-state index contributed by atoms with van der Waals surface area (Å²) in [6, 6.07) is 10.4. The lowest BCUT2D eigenvalue weighted by molar-refractivity contribution is -0.152. The summed E-state index contributed by atoms with van der Waals surface area (Å²) in [5.74, 6) is -0.630. The number of rotatable bonds is 4. The van der Waals surface area contributed by atoms with Crippen molar-refractivity contribution in [3.05, 3.63) is 63.8 Å². The summed E-state index contributed by atoms with van der Waals surface area (Å²) < 4.78 is 7.05. The van der Waals surface area contributed by atoms with Crippen LogP contribution in [0.2, 0.25) is 5.02 Å². The molecule has 0 radical (unpaired) electrons. The molecule has 4 rings (SSSR count). The van der Waals surface area contributed by atoms with Crippen LogP contribution < -0.4 is 0 Å². The zero-order valence-corrected chi connectivity index (χ0v) is 17.1. The fraction of sp³-hybridized carbons (Fsp3) is 0.304. The fourth-order valence-corrected chi connectivity index (χ4v) is 3.82. The number of esters is 1. The number of hydrogen-bond acceptors (Lipinski definition) is 4. The molecule has 0 saturated heterocycles.